The minimum absolute atomic E-state index is 0.358. The first-order valence-corrected chi connectivity index (χ1v) is 3.86. The van der Waals surface area contributed by atoms with Crippen molar-refractivity contribution in [3.8, 4) is 5.75 Å². The SMILES string of the molecule is COc1ccc2c(c1)oc(=O)n2C. The molecule has 4 heteroatoms. The zero-order valence-electron chi connectivity index (χ0n) is 7.40. The Morgan fingerprint density at radius 2 is 2.23 bits per heavy atom. The van der Waals surface area contributed by atoms with Gasteiger partial charge in [-0.3, -0.25) is 4.57 Å². The number of aromatic nitrogens is 1. The van der Waals surface area contributed by atoms with E-state index < -0.39 is 0 Å². The Bertz CT molecular complexity index is 495. The van der Waals surface area contributed by atoms with Crippen molar-refractivity contribution in [3.05, 3.63) is 28.7 Å². The molecule has 2 rings (SSSR count). The molecule has 13 heavy (non-hydrogen) atoms. The molecule has 0 aliphatic carbocycles. The van der Waals surface area contributed by atoms with Gasteiger partial charge in [0.1, 0.15) is 5.75 Å². The molecular formula is C9H9NO3. The van der Waals surface area contributed by atoms with Gasteiger partial charge < -0.3 is 9.15 Å². The average Bonchev–Trinajstić information content (AvgIpc) is 2.42. The lowest BCUT2D eigenvalue weighted by Gasteiger charge is -1.97. The summed E-state index contributed by atoms with van der Waals surface area (Å²) in [6.07, 6.45) is 0. The fraction of sp³-hybridized carbons (Fsp3) is 0.222. The molecule has 0 fully saturated rings. The third kappa shape index (κ3) is 1.11. The van der Waals surface area contributed by atoms with E-state index in [4.69, 9.17) is 9.15 Å². The molecule has 0 aliphatic rings. The van der Waals surface area contributed by atoms with Gasteiger partial charge in [-0.1, -0.05) is 0 Å². The summed E-state index contributed by atoms with van der Waals surface area (Å²) >= 11 is 0. The molecular weight excluding hydrogens is 170 g/mol. The molecule has 1 aromatic carbocycles. The topological polar surface area (TPSA) is 44.4 Å². The molecule has 0 amide bonds. The summed E-state index contributed by atoms with van der Waals surface area (Å²) in [6.45, 7) is 0. The number of hydrogen-bond acceptors (Lipinski definition) is 3. The second-order valence-electron chi connectivity index (χ2n) is 2.76. The lowest BCUT2D eigenvalue weighted by atomic mass is 10.3. The van der Waals surface area contributed by atoms with E-state index >= 15 is 0 Å². The van der Waals surface area contributed by atoms with Gasteiger partial charge in [0.25, 0.3) is 0 Å². The normalized spacial score (nSPS) is 10.6. The van der Waals surface area contributed by atoms with Gasteiger partial charge in [0.15, 0.2) is 5.58 Å². The molecule has 0 atom stereocenters. The predicted molar refractivity (Wildman–Crippen MR) is 48.0 cm³/mol. The van der Waals surface area contributed by atoms with Crippen molar-refractivity contribution in [3.63, 3.8) is 0 Å². The van der Waals surface area contributed by atoms with Crippen LogP contribution in [0.5, 0.6) is 5.75 Å². The van der Waals surface area contributed by atoms with Gasteiger partial charge in [-0.25, -0.2) is 4.79 Å². The van der Waals surface area contributed by atoms with Crippen LogP contribution in [0.4, 0.5) is 0 Å². The number of methoxy groups -OCH3 is 1. The minimum atomic E-state index is -0.358. The second-order valence-corrected chi connectivity index (χ2v) is 2.76. The quantitative estimate of drug-likeness (QED) is 0.659. The average molecular weight is 179 g/mol. The maximum atomic E-state index is 11.1. The van der Waals surface area contributed by atoms with Gasteiger partial charge in [0.2, 0.25) is 0 Å². The first-order chi connectivity index (χ1) is 6.22. The Balaban J connectivity index is 2.80. The van der Waals surface area contributed by atoms with Crippen molar-refractivity contribution in [2.45, 2.75) is 0 Å². The van der Waals surface area contributed by atoms with Crippen LogP contribution in [0, 0.1) is 0 Å². The van der Waals surface area contributed by atoms with Crippen LogP contribution in [0.15, 0.2) is 27.4 Å². The van der Waals surface area contributed by atoms with Crippen LogP contribution in [-0.2, 0) is 7.05 Å². The number of rotatable bonds is 1. The largest absolute Gasteiger partial charge is 0.497 e. The van der Waals surface area contributed by atoms with Gasteiger partial charge >= 0.3 is 5.76 Å². The van der Waals surface area contributed by atoms with Crippen LogP contribution in [0.1, 0.15) is 0 Å². The molecule has 68 valence electrons. The Morgan fingerprint density at radius 3 is 2.92 bits per heavy atom. The highest BCUT2D eigenvalue weighted by atomic mass is 16.5. The molecule has 1 heterocycles. The number of benzene rings is 1. The first kappa shape index (κ1) is 7.91. The molecule has 0 spiro atoms. The lowest BCUT2D eigenvalue weighted by Crippen LogP contribution is -2.08. The summed E-state index contributed by atoms with van der Waals surface area (Å²) < 4.78 is 11.4. The van der Waals surface area contributed by atoms with Crippen molar-refractivity contribution in [2.75, 3.05) is 7.11 Å². The summed E-state index contributed by atoms with van der Waals surface area (Å²) in [5.74, 6) is 0.324. The van der Waals surface area contributed by atoms with Gasteiger partial charge in [0, 0.05) is 13.1 Å². The molecule has 0 saturated carbocycles. The molecule has 2 aromatic rings. The Hall–Kier alpha value is -1.71. The zero-order valence-corrected chi connectivity index (χ0v) is 7.40. The van der Waals surface area contributed by atoms with Crippen LogP contribution < -0.4 is 10.5 Å². The summed E-state index contributed by atoms with van der Waals surface area (Å²) in [5.41, 5.74) is 1.32. The molecule has 0 N–H and O–H groups in total. The van der Waals surface area contributed by atoms with Gasteiger partial charge in [-0.2, -0.15) is 0 Å². The zero-order chi connectivity index (χ0) is 9.42. The number of nitrogens with zero attached hydrogens (tertiary/aromatic N) is 1. The number of hydrogen-bond donors (Lipinski definition) is 0. The third-order valence-corrected chi connectivity index (χ3v) is 2.00. The molecule has 4 nitrogen and oxygen atoms in total. The molecule has 0 saturated heterocycles. The summed E-state index contributed by atoms with van der Waals surface area (Å²) in [4.78, 5) is 11.1. The highest BCUT2D eigenvalue weighted by Gasteiger charge is 2.05. The first-order valence-electron chi connectivity index (χ1n) is 3.86. The number of fused-ring (bicyclic) bond motifs is 1. The Morgan fingerprint density at radius 1 is 1.46 bits per heavy atom. The van der Waals surface area contributed by atoms with Crippen molar-refractivity contribution in [1.29, 1.82) is 0 Å². The smallest absolute Gasteiger partial charge is 0.419 e. The lowest BCUT2D eigenvalue weighted by molar-refractivity contribution is 0.414. The molecule has 0 aliphatic heterocycles. The van der Waals surface area contributed by atoms with E-state index in [1.54, 1.807) is 32.4 Å². The van der Waals surface area contributed by atoms with Gasteiger partial charge in [0.05, 0.1) is 12.6 Å². The fourth-order valence-corrected chi connectivity index (χ4v) is 1.24. The van der Waals surface area contributed by atoms with E-state index in [1.807, 2.05) is 0 Å². The van der Waals surface area contributed by atoms with E-state index in [0.717, 1.165) is 5.52 Å². The van der Waals surface area contributed by atoms with Gasteiger partial charge in [-0.15, -0.1) is 0 Å². The molecule has 0 unspecified atom stereocenters. The van der Waals surface area contributed by atoms with E-state index in [-0.39, 0.29) is 5.76 Å². The van der Waals surface area contributed by atoms with E-state index in [0.29, 0.717) is 11.3 Å². The molecule has 0 bridgehead atoms. The van der Waals surface area contributed by atoms with Crippen LogP contribution in [0.2, 0.25) is 0 Å². The van der Waals surface area contributed by atoms with Crippen molar-refractivity contribution < 1.29 is 9.15 Å². The maximum absolute atomic E-state index is 11.1. The van der Waals surface area contributed by atoms with Crippen LogP contribution >= 0.6 is 0 Å². The van der Waals surface area contributed by atoms with Crippen LogP contribution in [0.25, 0.3) is 11.1 Å². The Kier molecular flexibility index (Phi) is 1.62. The Labute approximate surface area is 74.3 Å². The van der Waals surface area contributed by atoms with E-state index in [2.05, 4.69) is 0 Å². The fourth-order valence-electron chi connectivity index (χ4n) is 1.24. The third-order valence-electron chi connectivity index (χ3n) is 2.00. The summed E-state index contributed by atoms with van der Waals surface area (Å²) in [6, 6.07) is 5.27. The highest BCUT2D eigenvalue weighted by molar-refractivity contribution is 5.74. The van der Waals surface area contributed by atoms with Crippen molar-refractivity contribution in [1.82, 2.24) is 4.57 Å². The second kappa shape index (κ2) is 2.65. The van der Waals surface area contributed by atoms with E-state index in [1.165, 1.54) is 4.57 Å². The monoisotopic (exact) mass is 179 g/mol. The molecule has 1 aromatic heterocycles. The predicted octanol–water partition coefficient (Wildman–Crippen LogP) is 1.14. The van der Waals surface area contributed by atoms with E-state index in [9.17, 15) is 4.79 Å². The van der Waals surface area contributed by atoms with Crippen molar-refractivity contribution in [2.24, 2.45) is 7.05 Å². The number of oxazole rings is 1. The van der Waals surface area contributed by atoms with Crippen LogP contribution in [-0.4, -0.2) is 11.7 Å². The minimum Gasteiger partial charge on any atom is -0.497 e. The molecule has 0 radical (unpaired) electrons. The standard InChI is InChI=1S/C9H9NO3/c1-10-7-4-3-6(12-2)5-8(7)13-9(10)11/h3-5H,1-2H3. The number of ether oxygens (including phenoxy) is 1. The number of aryl methyl sites for hydroxylation is 1. The van der Waals surface area contributed by atoms with Gasteiger partial charge in [-0.05, 0) is 12.1 Å². The maximum Gasteiger partial charge on any atom is 0.419 e. The summed E-state index contributed by atoms with van der Waals surface area (Å²) in [5, 5.41) is 0. The summed E-state index contributed by atoms with van der Waals surface area (Å²) in [7, 11) is 3.24. The van der Waals surface area contributed by atoms with Crippen LogP contribution in [0.3, 0.4) is 0 Å². The highest BCUT2D eigenvalue weighted by Crippen LogP contribution is 2.18. The van der Waals surface area contributed by atoms with Crippen molar-refractivity contribution >= 4 is 11.1 Å².